The maximum absolute atomic E-state index is 12.8. The third kappa shape index (κ3) is 6.19. The molecule has 2 aromatic rings. The summed E-state index contributed by atoms with van der Waals surface area (Å²) in [5.74, 6) is 1.64. The fourth-order valence-corrected chi connectivity index (χ4v) is 2.71. The number of unbranched alkanes of at least 4 members (excludes halogenated alkanes) is 2. The number of phenolic OH excluding ortho intramolecular Hbond substituents is 1. The van der Waals surface area contributed by atoms with Crippen LogP contribution in [0.2, 0.25) is 0 Å². The van der Waals surface area contributed by atoms with Gasteiger partial charge in [-0.2, -0.15) is 0 Å². The fraction of sp³-hybridized carbons (Fsp3) is 0.435. The molecule has 0 aliphatic heterocycles. The predicted molar refractivity (Wildman–Crippen MR) is 110 cm³/mol. The molecular weight excluding hydrogens is 356 g/mol. The minimum absolute atomic E-state index is 0.0686. The number of ether oxygens (including phenoxy) is 3. The first-order chi connectivity index (χ1) is 13.6. The van der Waals surface area contributed by atoms with Gasteiger partial charge in [0, 0.05) is 24.1 Å². The molecule has 1 N–H and O–H groups in total. The number of carbonyl (C=O) groups is 1. The Kier molecular flexibility index (Phi) is 8.66. The van der Waals surface area contributed by atoms with Crippen LogP contribution in [-0.4, -0.2) is 31.2 Å². The molecule has 5 heteroatoms. The average molecular weight is 386 g/mol. The summed E-state index contributed by atoms with van der Waals surface area (Å²) in [7, 11) is 1.60. The number of phenols is 1. The molecule has 0 saturated heterocycles. The van der Waals surface area contributed by atoms with E-state index in [1.807, 2.05) is 6.07 Å². The number of ketones is 1. The van der Waals surface area contributed by atoms with Crippen molar-refractivity contribution >= 4 is 5.78 Å². The molecule has 152 valence electrons. The van der Waals surface area contributed by atoms with Gasteiger partial charge in [-0.1, -0.05) is 32.8 Å². The van der Waals surface area contributed by atoms with E-state index in [2.05, 4.69) is 13.8 Å². The van der Waals surface area contributed by atoms with Gasteiger partial charge in [0.1, 0.15) is 23.0 Å². The second-order valence-electron chi connectivity index (χ2n) is 6.66. The number of benzene rings is 2. The van der Waals surface area contributed by atoms with Crippen LogP contribution >= 0.6 is 0 Å². The van der Waals surface area contributed by atoms with Gasteiger partial charge in [-0.25, -0.2) is 0 Å². The first kappa shape index (κ1) is 21.6. The lowest BCUT2D eigenvalue weighted by Crippen LogP contribution is -2.07. The average Bonchev–Trinajstić information content (AvgIpc) is 2.69. The number of aromatic hydroxyl groups is 1. The second kappa shape index (κ2) is 11.2. The Bertz CT molecular complexity index is 770. The van der Waals surface area contributed by atoms with Crippen molar-refractivity contribution in [3.63, 3.8) is 0 Å². The summed E-state index contributed by atoms with van der Waals surface area (Å²) < 4.78 is 16.7. The number of carbonyl (C=O) groups excluding carboxylic acids is 1. The van der Waals surface area contributed by atoms with Gasteiger partial charge in [0.2, 0.25) is 0 Å². The fourth-order valence-electron chi connectivity index (χ4n) is 2.71. The van der Waals surface area contributed by atoms with Crippen LogP contribution in [-0.2, 0) is 6.42 Å². The highest BCUT2D eigenvalue weighted by molar-refractivity contribution is 6.00. The zero-order valence-electron chi connectivity index (χ0n) is 17.0. The van der Waals surface area contributed by atoms with E-state index in [9.17, 15) is 9.90 Å². The molecule has 28 heavy (non-hydrogen) atoms. The van der Waals surface area contributed by atoms with Gasteiger partial charge in [0.05, 0.1) is 25.9 Å². The maximum atomic E-state index is 12.8. The van der Waals surface area contributed by atoms with Crippen molar-refractivity contribution in [2.45, 2.75) is 46.0 Å². The quantitative estimate of drug-likeness (QED) is 0.402. The summed E-state index contributed by atoms with van der Waals surface area (Å²) in [6.45, 7) is 5.35. The van der Waals surface area contributed by atoms with E-state index >= 15 is 0 Å². The van der Waals surface area contributed by atoms with Crippen molar-refractivity contribution < 1.29 is 24.1 Å². The molecule has 0 heterocycles. The van der Waals surface area contributed by atoms with Crippen molar-refractivity contribution in [3.05, 3.63) is 47.5 Å². The second-order valence-corrected chi connectivity index (χ2v) is 6.66. The summed E-state index contributed by atoms with van der Waals surface area (Å²) in [5.41, 5.74) is 1.04. The molecule has 2 rings (SSSR count). The smallest absolute Gasteiger partial charge is 0.171 e. The predicted octanol–water partition coefficient (Wildman–Crippen LogP) is 5.18. The Morgan fingerprint density at radius 2 is 1.61 bits per heavy atom. The molecule has 0 amide bonds. The Balaban J connectivity index is 2.13. The van der Waals surface area contributed by atoms with E-state index in [1.165, 1.54) is 6.07 Å². The van der Waals surface area contributed by atoms with Crippen LogP contribution in [0.4, 0.5) is 0 Å². The Hall–Kier alpha value is -2.69. The molecule has 0 spiro atoms. The molecule has 2 aromatic carbocycles. The zero-order chi connectivity index (χ0) is 20.4. The molecule has 0 saturated carbocycles. The molecular formula is C23H30O5. The van der Waals surface area contributed by atoms with E-state index < -0.39 is 0 Å². The van der Waals surface area contributed by atoms with Crippen LogP contribution in [0.25, 0.3) is 0 Å². The zero-order valence-corrected chi connectivity index (χ0v) is 17.0. The standard InChI is InChI=1S/C23H30O5/c1-4-6-12-27-19-10-11-20(22(25)15-19)21(24)14-17-8-9-18(26-3)16-23(17)28-13-7-5-2/h8-11,15-16,25H,4-7,12-14H2,1-3H3. The van der Waals surface area contributed by atoms with E-state index in [0.717, 1.165) is 31.2 Å². The van der Waals surface area contributed by atoms with Gasteiger partial charge < -0.3 is 19.3 Å². The van der Waals surface area contributed by atoms with Crippen molar-refractivity contribution in [3.8, 4) is 23.0 Å². The van der Waals surface area contributed by atoms with E-state index in [-0.39, 0.29) is 23.5 Å². The van der Waals surface area contributed by atoms with E-state index in [0.29, 0.717) is 30.5 Å². The van der Waals surface area contributed by atoms with Crippen molar-refractivity contribution in [1.29, 1.82) is 0 Å². The van der Waals surface area contributed by atoms with Gasteiger partial charge >= 0.3 is 0 Å². The number of hydrogen-bond donors (Lipinski definition) is 1. The summed E-state index contributed by atoms with van der Waals surface area (Å²) in [6.07, 6.45) is 4.07. The maximum Gasteiger partial charge on any atom is 0.171 e. The summed E-state index contributed by atoms with van der Waals surface area (Å²) >= 11 is 0. The SMILES string of the molecule is CCCCOc1ccc(C(=O)Cc2ccc(OC)cc2OCCCC)c(O)c1. The molecule has 0 atom stereocenters. The number of Topliss-reactive ketones (excluding diaryl/α,β-unsaturated/α-hetero) is 1. The van der Waals surface area contributed by atoms with Crippen LogP contribution in [0.15, 0.2) is 36.4 Å². The summed E-state index contributed by atoms with van der Waals surface area (Å²) in [4.78, 5) is 12.8. The molecule has 0 fully saturated rings. The van der Waals surface area contributed by atoms with E-state index in [4.69, 9.17) is 14.2 Å². The Morgan fingerprint density at radius 3 is 2.25 bits per heavy atom. The minimum atomic E-state index is -0.178. The van der Waals surface area contributed by atoms with Gasteiger partial charge in [0.25, 0.3) is 0 Å². The van der Waals surface area contributed by atoms with Gasteiger partial charge in [-0.15, -0.1) is 0 Å². The Labute approximate surface area is 167 Å². The van der Waals surface area contributed by atoms with Gasteiger partial charge in [-0.05, 0) is 31.0 Å². The first-order valence-corrected chi connectivity index (χ1v) is 9.87. The molecule has 0 radical (unpaired) electrons. The largest absolute Gasteiger partial charge is 0.507 e. The van der Waals surface area contributed by atoms with Crippen LogP contribution in [0.5, 0.6) is 23.0 Å². The lowest BCUT2D eigenvalue weighted by molar-refractivity contribution is 0.0989. The third-order valence-electron chi connectivity index (χ3n) is 4.42. The normalized spacial score (nSPS) is 10.5. The van der Waals surface area contributed by atoms with E-state index in [1.54, 1.807) is 31.4 Å². The molecule has 0 aromatic heterocycles. The van der Waals surface area contributed by atoms with Crippen LogP contribution in [0, 0.1) is 0 Å². The highest BCUT2D eigenvalue weighted by atomic mass is 16.5. The van der Waals surface area contributed by atoms with Crippen LogP contribution < -0.4 is 14.2 Å². The Morgan fingerprint density at radius 1 is 0.929 bits per heavy atom. The number of rotatable bonds is 12. The summed E-state index contributed by atoms with van der Waals surface area (Å²) in [6, 6.07) is 10.3. The third-order valence-corrected chi connectivity index (χ3v) is 4.42. The molecule has 0 unspecified atom stereocenters. The number of hydrogen-bond acceptors (Lipinski definition) is 5. The van der Waals surface area contributed by atoms with Crippen molar-refractivity contribution in [2.75, 3.05) is 20.3 Å². The molecule has 5 nitrogen and oxygen atoms in total. The lowest BCUT2D eigenvalue weighted by Gasteiger charge is -2.13. The van der Waals surface area contributed by atoms with Gasteiger partial charge in [0.15, 0.2) is 5.78 Å². The van der Waals surface area contributed by atoms with Gasteiger partial charge in [-0.3, -0.25) is 4.79 Å². The first-order valence-electron chi connectivity index (χ1n) is 9.87. The topological polar surface area (TPSA) is 65.0 Å². The molecule has 0 aliphatic carbocycles. The van der Waals surface area contributed by atoms with Crippen LogP contribution in [0.3, 0.4) is 0 Å². The number of methoxy groups -OCH3 is 1. The van der Waals surface area contributed by atoms with Crippen molar-refractivity contribution in [2.24, 2.45) is 0 Å². The summed E-state index contributed by atoms with van der Waals surface area (Å²) in [5, 5.41) is 10.3. The monoisotopic (exact) mass is 386 g/mol. The molecule has 0 bridgehead atoms. The highest BCUT2D eigenvalue weighted by Crippen LogP contribution is 2.29. The van der Waals surface area contributed by atoms with Crippen LogP contribution in [0.1, 0.15) is 55.5 Å². The minimum Gasteiger partial charge on any atom is -0.507 e. The highest BCUT2D eigenvalue weighted by Gasteiger charge is 2.16. The lowest BCUT2D eigenvalue weighted by atomic mass is 10.0. The van der Waals surface area contributed by atoms with Crippen molar-refractivity contribution in [1.82, 2.24) is 0 Å². The molecule has 0 aliphatic rings.